The zero-order chi connectivity index (χ0) is 16.9. The summed E-state index contributed by atoms with van der Waals surface area (Å²) in [6.07, 6.45) is 0. The molecule has 24 heavy (non-hydrogen) atoms. The predicted molar refractivity (Wildman–Crippen MR) is 88.6 cm³/mol. The fourth-order valence-electron chi connectivity index (χ4n) is 2.79. The Morgan fingerprint density at radius 3 is 3.08 bits per heavy atom. The van der Waals surface area contributed by atoms with Crippen molar-refractivity contribution in [1.29, 1.82) is 0 Å². The topological polar surface area (TPSA) is 86.0 Å². The quantitative estimate of drug-likeness (QED) is 0.720. The van der Waals surface area contributed by atoms with Gasteiger partial charge in [-0.2, -0.15) is 10.2 Å². The van der Waals surface area contributed by atoms with E-state index in [2.05, 4.69) is 20.8 Å². The third-order valence-electron chi connectivity index (χ3n) is 3.94. The van der Waals surface area contributed by atoms with Crippen molar-refractivity contribution >= 4 is 5.91 Å². The number of carbonyl (C=O) groups is 1. The summed E-state index contributed by atoms with van der Waals surface area (Å²) in [5.41, 5.74) is 3.40. The number of amides is 1. The SMILES string of the molecule is CCOCCn1nc(C)cc1C(=O)NCc1cc2n(n1)CCNC2. The first-order valence-corrected chi connectivity index (χ1v) is 8.34. The number of fused-ring (bicyclic) bond motifs is 1. The lowest BCUT2D eigenvalue weighted by atomic mass is 10.3. The Balaban J connectivity index is 1.61. The van der Waals surface area contributed by atoms with Gasteiger partial charge in [0, 0.05) is 19.7 Å². The lowest BCUT2D eigenvalue weighted by Gasteiger charge is -2.13. The monoisotopic (exact) mass is 332 g/mol. The first-order valence-electron chi connectivity index (χ1n) is 8.34. The van der Waals surface area contributed by atoms with Crippen molar-refractivity contribution in [2.24, 2.45) is 0 Å². The largest absolute Gasteiger partial charge is 0.380 e. The third kappa shape index (κ3) is 3.82. The molecule has 2 aromatic heterocycles. The van der Waals surface area contributed by atoms with Crippen LogP contribution < -0.4 is 10.6 Å². The van der Waals surface area contributed by atoms with Gasteiger partial charge in [-0.25, -0.2) is 0 Å². The van der Waals surface area contributed by atoms with Gasteiger partial charge in [0.25, 0.3) is 5.91 Å². The van der Waals surface area contributed by atoms with Crippen LogP contribution in [0.3, 0.4) is 0 Å². The molecule has 0 spiro atoms. The van der Waals surface area contributed by atoms with Crippen LogP contribution in [0.25, 0.3) is 0 Å². The molecule has 0 unspecified atom stereocenters. The molecule has 2 aromatic rings. The highest BCUT2D eigenvalue weighted by atomic mass is 16.5. The highest BCUT2D eigenvalue weighted by Gasteiger charge is 2.16. The van der Waals surface area contributed by atoms with Crippen molar-refractivity contribution in [3.63, 3.8) is 0 Å². The van der Waals surface area contributed by atoms with Crippen molar-refractivity contribution in [3.8, 4) is 0 Å². The molecule has 8 heteroatoms. The minimum absolute atomic E-state index is 0.142. The van der Waals surface area contributed by atoms with E-state index in [0.717, 1.165) is 36.7 Å². The summed E-state index contributed by atoms with van der Waals surface area (Å²) in [5, 5.41) is 15.1. The lowest BCUT2D eigenvalue weighted by molar-refractivity contribution is 0.0932. The van der Waals surface area contributed by atoms with Gasteiger partial charge in [0.05, 0.1) is 43.3 Å². The van der Waals surface area contributed by atoms with Gasteiger partial charge in [0.15, 0.2) is 0 Å². The highest BCUT2D eigenvalue weighted by molar-refractivity contribution is 5.92. The number of aromatic nitrogens is 4. The zero-order valence-electron chi connectivity index (χ0n) is 14.2. The van der Waals surface area contributed by atoms with Crippen molar-refractivity contribution < 1.29 is 9.53 Å². The molecule has 3 heterocycles. The van der Waals surface area contributed by atoms with E-state index >= 15 is 0 Å². The summed E-state index contributed by atoms with van der Waals surface area (Å²) < 4.78 is 9.04. The molecule has 0 saturated carbocycles. The summed E-state index contributed by atoms with van der Waals surface area (Å²) >= 11 is 0. The summed E-state index contributed by atoms with van der Waals surface area (Å²) in [5.74, 6) is -0.142. The minimum Gasteiger partial charge on any atom is -0.380 e. The number of rotatable bonds is 7. The van der Waals surface area contributed by atoms with Gasteiger partial charge in [0.2, 0.25) is 0 Å². The summed E-state index contributed by atoms with van der Waals surface area (Å²) in [6.45, 7) is 8.62. The van der Waals surface area contributed by atoms with Gasteiger partial charge in [-0.3, -0.25) is 14.2 Å². The number of carbonyl (C=O) groups excluding carboxylic acids is 1. The second-order valence-electron chi connectivity index (χ2n) is 5.80. The second-order valence-corrected chi connectivity index (χ2v) is 5.80. The van der Waals surface area contributed by atoms with Gasteiger partial charge in [-0.15, -0.1) is 0 Å². The Kier molecular flexibility index (Phi) is 5.27. The van der Waals surface area contributed by atoms with Crippen LogP contribution in [0.15, 0.2) is 12.1 Å². The number of hydrogen-bond donors (Lipinski definition) is 2. The number of hydrogen-bond acceptors (Lipinski definition) is 5. The molecule has 2 N–H and O–H groups in total. The number of nitrogens with zero attached hydrogens (tertiary/aromatic N) is 4. The van der Waals surface area contributed by atoms with E-state index in [1.54, 1.807) is 10.7 Å². The second kappa shape index (κ2) is 7.59. The van der Waals surface area contributed by atoms with Crippen LogP contribution in [0.2, 0.25) is 0 Å². The Morgan fingerprint density at radius 1 is 1.42 bits per heavy atom. The predicted octanol–water partition coefficient (Wildman–Crippen LogP) is 0.458. The van der Waals surface area contributed by atoms with Crippen molar-refractivity contribution in [1.82, 2.24) is 30.2 Å². The van der Waals surface area contributed by atoms with Crippen LogP contribution in [0.4, 0.5) is 0 Å². The van der Waals surface area contributed by atoms with E-state index in [0.29, 0.717) is 32.0 Å². The molecule has 0 atom stereocenters. The molecule has 0 fully saturated rings. The molecule has 1 amide bonds. The molecular weight excluding hydrogens is 308 g/mol. The van der Waals surface area contributed by atoms with E-state index in [1.165, 1.54) is 0 Å². The Morgan fingerprint density at radius 2 is 2.29 bits per heavy atom. The fraction of sp³-hybridized carbons (Fsp3) is 0.562. The third-order valence-corrected chi connectivity index (χ3v) is 3.94. The molecule has 0 aliphatic carbocycles. The first-order chi connectivity index (χ1) is 11.7. The lowest BCUT2D eigenvalue weighted by Crippen LogP contribution is -2.28. The number of ether oxygens (including phenoxy) is 1. The van der Waals surface area contributed by atoms with E-state index in [4.69, 9.17) is 4.74 Å². The maximum absolute atomic E-state index is 12.5. The van der Waals surface area contributed by atoms with E-state index in [-0.39, 0.29) is 5.91 Å². The average molecular weight is 332 g/mol. The Hall–Kier alpha value is -2.19. The van der Waals surface area contributed by atoms with Crippen LogP contribution in [0, 0.1) is 6.92 Å². The molecular formula is C16H24N6O2. The van der Waals surface area contributed by atoms with Gasteiger partial charge >= 0.3 is 0 Å². The minimum atomic E-state index is -0.142. The van der Waals surface area contributed by atoms with Crippen LogP contribution in [0.5, 0.6) is 0 Å². The average Bonchev–Trinajstić information content (AvgIpc) is 3.16. The van der Waals surface area contributed by atoms with E-state index < -0.39 is 0 Å². The van der Waals surface area contributed by atoms with Crippen molar-refractivity contribution in [2.45, 2.75) is 40.0 Å². The smallest absolute Gasteiger partial charge is 0.269 e. The first kappa shape index (κ1) is 16.7. The van der Waals surface area contributed by atoms with E-state index in [1.807, 2.05) is 24.6 Å². The van der Waals surface area contributed by atoms with Crippen LogP contribution >= 0.6 is 0 Å². The zero-order valence-corrected chi connectivity index (χ0v) is 14.2. The summed E-state index contributed by atoms with van der Waals surface area (Å²) in [7, 11) is 0. The van der Waals surface area contributed by atoms with Gasteiger partial charge in [-0.1, -0.05) is 0 Å². The van der Waals surface area contributed by atoms with Gasteiger partial charge in [0.1, 0.15) is 5.69 Å². The van der Waals surface area contributed by atoms with Crippen LogP contribution in [0.1, 0.15) is 34.5 Å². The molecule has 3 rings (SSSR count). The van der Waals surface area contributed by atoms with Crippen molar-refractivity contribution in [3.05, 3.63) is 34.9 Å². The molecule has 0 aromatic carbocycles. The van der Waals surface area contributed by atoms with Gasteiger partial charge < -0.3 is 15.4 Å². The summed E-state index contributed by atoms with van der Waals surface area (Å²) in [4.78, 5) is 12.5. The van der Waals surface area contributed by atoms with Crippen molar-refractivity contribution in [2.75, 3.05) is 19.8 Å². The molecule has 0 saturated heterocycles. The fourth-order valence-corrected chi connectivity index (χ4v) is 2.79. The molecule has 8 nitrogen and oxygen atoms in total. The molecule has 0 radical (unpaired) electrons. The number of nitrogens with one attached hydrogen (secondary N) is 2. The normalized spacial score (nSPS) is 13.8. The number of aryl methyl sites for hydroxylation is 1. The molecule has 1 aliphatic rings. The summed E-state index contributed by atoms with van der Waals surface area (Å²) in [6, 6.07) is 3.83. The molecule has 1 aliphatic heterocycles. The van der Waals surface area contributed by atoms with Gasteiger partial charge in [-0.05, 0) is 26.0 Å². The maximum Gasteiger partial charge on any atom is 0.269 e. The van der Waals surface area contributed by atoms with Crippen LogP contribution in [-0.2, 0) is 30.9 Å². The standard InChI is InChI=1S/C16H24N6O2/c1-3-24-7-6-22-15(8-12(2)19-22)16(23)18-10-13-9-14-11-17-4-5-21(14)20-13/h8-9,17H,3-7,10-11H2,1-2H3,(H,18,23). The van der Waals surface area contributed by atoms with E-state index in [9.17, 15) is 4.79 Å². The molecule has 0 bridgehead atoms. The Labute approximate surface area is 141 Å². The highest BCUT2D eigenvalue weighted by Crippen LogP contribution is 2.09. The molecule has 130 valence electrons. The Bertz CT molecular complexity index is 682. The maximum atomic E-state index is 12.5. The van der Waals surface area contributed by atoms with Crippen LogP contribution in [-0.4, -0.2) is 45.2 Å².